The summed E-state index contributed by atoms with van der Waals surface area (Å²) in [7, 11) is 4.31. The largest absolute Gasteiger partial charge is 0.493 e. The zero-order valence-electron chi connectivity index (χ0n) is 11.8. The number of carbonyl (C=O) groups is 1. The first-order valence-electron chi connectivity index (χ1n) is 6.07. The molecular weight excluding hydrogens is 277 g/mol. The second-order valence-corrected chi connectivity index (χ2v) is 4.07. The van der Waals surface area contributed by atoms with Crippen LogP contribution in [-0.4, -0.2) is 32.1 Å². The van der Waals surface area contributed by atoms with E-state index in [1.807, 2.05) is 0 Å². The highest BCUT2D eigenvalue weighted by molar-refractivity contribution is 6.11. The van der Waals surface area contributed by atoms with Gasteiger partial charge in [-0.3, -0.25) is 9.78 Å². The predicted molar refractivity (Wildman–Crippen MR) is 73.7 cm³/mol. The lowest BCUT2D eigenvalue weighted by Gasteiger charge is -2.15. The van der Waals surface area contributed by atoms with E-state index in [4.69, 9.17) is 14.2 Å². The van der Waals surface area contributed by atoms with Gasteiger partial charge >= 0.3 is 0 Å². The standard InChI is InChI=1S/C15H14FNO4/c1-19-12-5-4-10(14(20-2)15(12)21-3)13(18)9-6-7-17-8-11(9)16/h4-8H,1-3H3. The lowest BCUT2D eigenvalue weighted by molar-refractivity contribution is 0.103. The van der Waals surface area contributed by atoms with Crippen molar-refractivity contribution in [3.8, 4) is 17.2 Å². The average Bonchev–Trinajstić information content (AvgIpc) is 2.52. The van der Waals surface area contributed by atoms with Crippen molar-refractivity contribution in [2.24, 2.45) is 0 Å². The fourth-order valence-corrected chi connectivity index (χ4v) is 1.98. The van der Waals surface area contributed by atoms with E-state index in [2.05, 4.69) is 4.98 Å². The number of halogens is 1. The van der Waals surface area contributed by atoms with Gasteiger partial charge in [0.1, 0.15) is 0 Å². The summed E-state index contributed by atoms with van der Waals surface area (Å²) in [5, 5.41) is 0. The summed E-state index contributed by atoms with van der Waals surface area (Å²) in [6.07, 6.45) is 2.34. The summed E-state index contributed by atoms with van der Waals surface area (Å²) in [5.74, 6) is -0.327. The quantitative estimate of drug-likeness (QED) is 0.792. The van der Waals surface area contributed by atoms with E-state index >= 15 is 0 Å². The normalized spacial score (nSPS) is 10.1. The van der Waals surface area contributed by atoms with Crippen LogP contribution < -0.4 is 14.2 Å². The van der Waals surface area contributed by atoms with Gasteiger partial charge in [0, 0.05) is 6.20 Å². The number of benzene rings is 1. The molecule has 1 aromatic heterocycles. The number of aromatic nitrogens is 1. The second-order valence-electron chi connectivity index (χ2n) is 4.07. The molecule has 2 aromatic rings. The highest BCUT2D eigenvalue weighted by Gasteiger charge is 2.23. The van der Waals surface area contributed by atoms with Crippen LogP contribution in [0.1, 0.15) is 15.9 Å². The number of pyridine rings is 1. The third-order valence-electron chi connectivity index (χ3n) is 2.97. The molecular formula is C15H14FNO4. The summed E-state index contributed by atoms with van der Waals surface area (Å²) in [6, 6.07) is 4.38. The van der Waals surface area contributed by atoms with Crippen molar-refractivity contribution < 1.29 is 23.4 Å². The van der Waals surface area contributed by atoms with Crippen LogP contribution in [0, 0.1) is 5.82 Å². The minimum absolute atomic E-state index is 0.0875. The molecule has 0 amide bonds. The first kappa shape index (κ1) is 14.8. The van der Waals surface area contributed by atoms with Crippen molar-refractivity contribution in [3.05, 3.63) is 47.5 Å². The summed E-state index contributed by atoms with van der Waals surface area (Å²) < 4.78 is 29.3. The van der Waals surface area contributed by atoms with E-state index in [1.165, 1.54) is 39.7 Å². The van der Waals surface area contributed by atoms with E-state index < -0.39 is 11.6 Å². The Labute approximate surface area is 121 Å². The Morgan fingerprint density at radius 2 is 1.71 bits per heavy atom. The Bertz CT molecular complexity index is 673. The van der Waals surface area contributed by atoms with Crippen molar-refractivity contribution in [3.63, 3.8) is 0 Å². The van der Waals surface area contributed by atoms with Crippen molar-refractivity contribution >= 4 is 5.78 Å². The molecule has 0 atom stereocenters. The molecule has 0 unspecified atom stereocenters. The number of ketones is 1. The Morgan fingerprint density at radius 3 is 2.29 bits per heavy atom. The van der Waals surface area contributed by atoms with Crippen molar-refractivity contribution in [1.29, 1.82) is 0 Å². The zero-order chi connectivity index (χ0) is 15.4. The summed E-state index contributed by atoms with van der Waals surface area (Å²) in [4.78, 5) is 16.1. The van der Waals surface area contributed by atoms with Crippen molar-refractivity contribution in [1.82, 2.24) is 4.98 Å². The first-order chi connectivity index (χ1) is 10.1. The maximum atomic E-state index is 13.7. The third-order valence-corrected chi connectivity index (χ3v) is 2.97. The molecule has 0 aliphatic carbocycles. The van der Waals surface area contributed by atoms with E-state index in [0.29, 0.717) is 5.75 Å². The van der Waals surface area contributed by atoms with Crippen LogP contribution in [0.15, 0.2) is 30.6 Å². The zero-order valence-corrected chi connectivity index (χ0v) is 11.8. The minimum Gasteiger partial charge on any atom is -0.493 e. The molecule has 0 fully saturated rings. The molecule has 0 radical (unpaired) electrons. The molecule has 2 rings (SSSR count). The van der Waals surface area contributed by atoms with Gasteiger partial charge in [0.25, 0.3) is 0 Å². The van der Waals surface area contributed by atoms with Gasteiger partial charge in [-0.05, 0) is 18.2 Å². The van der Waals surface area contributed by atoms with Gasteiger partial charge in [-0.2, -0.15) is 0 Å². The van der Waals surface area contributed by atoms with Crippen LogP contribution in [0.25, 0.3) is 0 Å². The van der Waals surface area contributed by atoms with Crippen LogP contribution in [0.5, 0.6) is 17.2 Å². The van der Waals surface area contributed by atoms with Gasteiger partial charge in [-0.15, -0.1) is 0 Å². The van der Waals surface area contributed by atoms with Crippen LogP contribution in [0.4, 0.5) is 4.39 Å². The van der Waals surface area contributed by atoms with Crippen LogP contribution in [-0.2, 0) is 0 Å². The lowest BCUT2D eigenvalue weighted by atomic mass is 10.0. The van der Waals surface area contributed by atoms with E-state index in [-0.39, 0.29) is 22.6 Å². The van der Waals surface area contributed by atoms with E-state index in [0.717, 1.165) is 6.20 Å². The third kappa shape index (κ3) is 2.65. The molecule has 0 bridgehead atoms. The highest BCUT2D eigenvalue weighted by atomic mass is 19.1. The number of ether oxygens (including phenoxy) is 3. The molecule has 1 heterocycles. The molecule has 110 valence electrons. The molecule has 5 nitrogen and oxygen atoms in total. The Balaban J connectivity index is 2.59. The van der Waals surface area contributed by atoms with Crippen LogP contribution in [0.2, 0.25) is 0 Å². The molecule has 0 saturated heterocycles. The number of hydrogen-bond donors (Lipinski definition) is 0. The monoisotopic (exact) mass is 291 g/mol. The van der Waals surface area contributed by atoms with Gasteiger partial charge in [0.05, 0.1) is 38.7 Å². The van der Waals surface area contributed by atoms with Crippen molar-refractivity contribution in [2.75, 3.05) is 21.3 Å². The number of carbonyl (C=O) groups excluding carboxylic acids is 1. The van der Waals surface area contributed by atoms with E-state index in [1.54, 1.807) is 6.07 Å². The average molecular weight is 291 g/mol. The molecule has 0 aliphatic rings. The van der Waals surface area contributed by atoms with Gasteiger partial charge in [0.2, 0.25) is 5.75 Å². The SMILES string of the molecule is COc1ccc(C(=O)c2ccncc2F)c(OC)c1OC. The van der Waals surface area contributed by atoms with Gasteiger partial charge in [-0.1, -0.05) is 0 Å². The summed E-state index contributed by atoms with van der Waals surface area (Å²) >= 11 is 0. The maximum Gasteiger partial charge on any atom is 0.204 e. The minimum atomic E-state index is -0.695. The molecule has 21 heavy (non-hydrogen) atoms. The topological polar surface area (TPSA) is 57.7 Å². The molecule has 0 saturated carbocycles. The Hall–Kier alpha value is -2.63. The number of hydrogen-bond acceptors (Lipinski definition) is 5. The predicted octanol–water partition coefficient (Wildman–Crippen LogP) is 2.48. The maximum absolute atomic E-state index is 13.7. The lowest BCUT2D eigenvalue weighted by Crippen LogP contribution is -2.08. The molecule has 6 heteroatoms. The fraction of sp³-hybridized carbons (Fsp3) is 0.200. The molecule has 0 aliphatic heterocycles. The van der Waals surface area contributed by atoms with Gasteiger partial charge in [0.15, 0.2) is 23.1 Å². The van der Waals surface area contributed by atoms with Crippen LogP contribution >= 0.6 is 0 Å². The first-order valence-corrected chi connectivity index (χ1v) is 6.07. The molecule has 0 N–H and O–H groups in total. The smallest absolute Gasteiger partial charge is 0.204 e. The summed E-state index contributed by atoms with van der Waals surface area (Å²) in [6.45, 7) is 0. The number of methoxy groups -OCH3 is 3. The van der Waals surface area contributed by atoms with Crippen LogP contribution in [0.3, 0.4) is 0 Å². The van der Waals surface area contributed by atoms with E-state index in [9.17, 15) is 9.18 Å². The fourth-order valence-electron chi connectivity index (χ4n) is 1.98. The Morgan fingerprint density at radius 1 is 1.00 bits per heavy atom. The number of nitrogens with zero attached hydrogens (tertiary/aromatic N) is 1. The molecule has 0 spiro atoms. The molecule has 1 aromatic carbocycles. The Kier molecular flexibility index (Phi) is 4.37. The highest BCUT2D eigenvalue weighted by Crippen LogP contribution is 2.40. The second kappa shape index (κ2) is 6.21. The number of rotatable bonds is 5. The van der Waals surface area contributed by atoms with Gasteiger partial charge < -0.3 is 14.2 Å². The summed E-state index contributed by atoms with van der Waals surface area (Å²) in [5.41, 5.74) is 0.0933. The van der Waals surface area contributed by atoms with Gasteiger partial charge in [-0.25, -0.2) is 4.39 Å². The van der Waals surface area contributed by atoms with Crippen molar-refractivity contribution in [2.45, 2.75) is 0 Å².